The fourth-order valence-electron chi connectivity index (χ4n) is 1.83. The number of sulfone groups is 1. The highest BCUT2D eigenvalue weighted by Crippen LogP contribution is 2.10. The number of terminal acetylenes is 1. The summed E-state index contributed by atoms with van der Waals surface area (Å²) in [5, 5.41) is 12.7. The molecule has 1 aromatic carbocycles. The van der Waals surface area contributed by atoms with Gasteiger partial charge < -0.3 is 10.6 Å². The molecular weight excluding hydrogens is 453 g/mol. The van der Waals surface area contributed by atoms with Crippen LogP contribution in [-0.4, -0.2) is 42.6 Å². The second-order valence-electron chi connectivity index (χ2n) is 4.91. The molecule has 134 valence electrons. The van der Waals surface area contributed by atoms with Crippen molar-refractivity contribution in [1.82, 2.24) is 10.2 Å². The first-order valence-corrected chi connectivity index (χ1v) is 9.19. The minimum Gasteiger partial charge on any atom is -0.326 e. The highest BCUT2D eigenvalue weighted by molar-refractivity contribution is 14.0. The van der Waals surface area contributed by atoms with E-state index in [0.29, 0.717) is 11.8 Å². The van der Waals surface area contributed by atoms with E-state index in [1.807, 2.05) is 18.2 Å². The molecule has 0 atom stereocenters. The predicted octanol–water partition coefficient (Wildman–Crippen LogP) is 2.32. The maximum absolute atomic E-state index is 11.6. The van der Waals surface area contributed by atoms with E-state index in [2.05, 4.69) is 31.7 Å². The third-order valence-electron chi connectivity index (χ3n) is 3.16. The predicted molar refractivity (Wildman–Crippen MR) is 112 cm³/mol. The molecular formula is C16H20IN5O2S. The van der Waals surface area contributed by atoms with Crippen molar-refractivity contribution >= 4 is 51.3 Å². The minimum atomic E-state index is -3.07. The highest BCUT2D eigenvalue weighted by Gasteiger charge is 2.08. The number of halogens is 1. The van der Waals surface area contributed by atoms with Gasteiger partial charge in [-0.25, -0.2) is 8.42 Å². The lowest BCUT2D eigenvalue weighted by Crippen LogP contribution is -2.24. The van der Waals surface area contributed by atoms with Gasteiger partial charge in [-0.2, -0.15) is 5.10 Å². The van der Waals surface area contributed by atoms with Gasteiger partial charge in [0.25, 0.3) is 0 Å². The number of benzene rings is 1. The Morgan fingerprint density at radius 1 is 1.36 bits per heavy atom. The number of hydrogen-bond donors (Lipinski definition) is 3. The normalized spacial score (nSPS) is 11.3. The van der Waals surface area contributed by atoms with E-state index in [4.69, 9.17) is 6.42 Å². The zero-order valence-electron chi connectivity index (χ0n) is 13.7. The molecule has 1 heterocycles. The Hall–Kier alpha value is -2.06. The van der Waals surface area contributed by atoms with Gasteiger partial charge in [-0.05, 0) is 18.2 Å². The molecule has 0 bridgehead atoms. The molecule has 0 saturated carbocycles. The van der Waals surface area contributed by atoms with Crippen molar-refractivity contribution in [3.63, 3.8) is 0 Å². The lowest BCUT2D eigenvalue weighted by Gasteiger charge is -2.11. The van der Waals surface area contributed by atoms with Crippen molar-refractivity contribution in [1.29, 1.82) is 0 Å². The van der Waals surface area contributed by atoms with Gasteiger partial charge in [0.15, 0.2) is 9.84 Å². The standard InChI is InChI=1S/C16H19N5O2S.HI/c1-3-13-6-5-7-14(12-13)19-16(20-15-8-9-18-21-15)17-10-11-24(22,23)4-2;/h1,5-9,12H,4,10-11H2,2H3,(H3,17,18,19,20,21);1H. The summed E-state index contributed by atoms with van der Waals surface area (Å²) in [6.45, 7) is 1.76. The largest absolute Gasteiger partial charge is 0.326 e. The first-order chi connectivity index (χ1) is 11.5. The van der Waals surface area contributed by atoms with E-state index in [9.17, 15) is 8.42 Å². The molecule has 0 amide bonds. The SMILES string of the molecule is C#Cc1cccc(NC(=NCCS(=O)(=O)CC)Nc2ccn[nH]2)c1.I. The number of aromatic nitrogens is 2. The Bertz CT molecular complexity index is 842. The first kappa shape index (κ1) is 21.0. The van der Waals surface area contributed by atoms with Crippen LogP contribution in [0, 0.1) is 12.3 Å². The summed E-state index contributed by atoms with van der Waals surface area (Å²) < 4.78 is 23.2. The van der Waals surface area contributed by atoms with E-state index in [1.165, 1.54) is 0 Å². The zero-order chi connectivity index (χ0) is 17.4. The summed E-state index contributed by atoms with van der Waals surface area (Å²) in [6, 6.07) is 9.02. The Balaban J connectivity index is 0.00000312. The molecule has 9 heteroatoms. The fraction of sp³-hybridized carbons (Fsp3) is 0.250. The molecule has 3 N–H and O–H groups in total. The van der Waals surface area contributed by atoms with E-state index in [0.717, 1.165) is 11.3 Å². The molecule has 0 fully saturated rings. The van der Waals surface area contributed by atoms with Gasteiger partial charge in [-0.15, -0.1) is 30.4 Å². The van der Waals surface area contributed by atoms with E-state index in [-0.39, 0.29) is 42.0 Å². The summed E-state index contributed by atoms with van der Waals surface area (Å²) in [5.74, 6) is 3.69. The molecule has 0 radical (unpaired) electrons. The quantitative estimate of drug-likeness (QED) is 0.259. The molecule has 0 spiro atoms. The van der Waals surface area contributed by atoms with E-state index < -0.39 is 9.84 Å². The van der Waals surface area contributed by atoms with Crippen molar-refractivity contribution in [2.75, 3.05) is 28.7 Å². The molecule has 25 heavy (non-hydrogen) atoms. The van der Waals surface area contributed by atoms with Crippen LogP contribution in [0.2, 0.25) is 0 Å². The van der Waals surface area contributed by atoms with Gasteiger partial charge in [-0.3, -0.25) is 10.1 Å². The van der Waals surface area contributed by atoms with E-state index >= 15 is 0 Å². The maximum Gasteiger partial charge on any atom is 0.201 e. The van der Waals surface area contributed by atoms with Crippen LogP contribution >= 0.6 is 24.0 Å². The lowest BCUT2D eigenvalue weighted by molar-refractivity contribution is 0.597. The minimum absolute atomic E-state index is 0. The lowest BCUT2D eigenvalue weighted by atomic mass is 10.2. The number of aromatic amines is 1. The number of aliphatic imine (C=N–C) groups is 1. The average molecular weight is 473 g/mol. The van der Waals surface area contributed by atoms with Gasteiger partial charge in [0.05, 0.1) is 18.5 Å². The Labute approximate surface area is 164 Å². The monoisotopic (exact) mass is 473 g/mol. The van der Waals surface area contributed by atoms with Crippen LogP contribution in [0.25, 0.3) is 0 Å². The molecule has 0 unspecified atom stereocenters. The van der Waals surface area contributed by atoms with Crippen molar-refractivity contribution in [3.8, 4) is 12.3 Å². The van der Waals surface area contributed by atoms with Gasteiger partial charge >= 0.3 is 0 Å². The van der Waals surface area contributed by atoms with Crippen LogP contribution < -0.4 is 10.6 Å². The van der Waals surface area contributed by atoms with Gasteiger partial charge in [0.1, 0.15) is 5.82 Å². The molecule has 0 aliphatic carbocycles. The summed E-state index contributed by atoms with van der Waals surface area (Å²) in [5.41, 5.74) is 1.48. The van der Waals surface area contributed by atoms with Gasteiger partial charge in [0, 0.05) is 23.1 Å². The van der Waals surface area contributed by atoms with Crippen molar-refractivity contribution in [2.24, 2.45) is 4.99 Å². The van der Waals surface area contributed by atoms with Crippen LogP contribution in [-0.2, 0) is 9.84 Å². The second kappa shape index (κ2) is 10.0. The molecule has 0 saturated heterocycles. The smallest absolute Gasteiger partial charge is 0.201 e. The van der Waals surface area contributed by atoms with Crippen molar-refractivity contribution in [2.45, 2.75) is 6.92 Å². The maximum atomic E-state index is 11.6. The number of nitrogens with zero attached hydrogens (tertiary/aromatic N) is 2. The average Bonchev–Trinajstić information content (AvgIpc) is 3.08. The number of guanidine groups is 1. The number of anilines is 2. The van der Waals surface area contributed by atoms with Crippen LogP contribution in [0.15, 0.2) is 41.5 Å². The molecule has 1 aromatic heterocycles. The molecule has 7 nitrogen and oxygen atoms in total. The third kappa shape index (κ3) is 7.15. The number of H-pyrrole nitrogens is 1. The highest BCUT2D eigenvalue weighted by atomic mass is 127. The van der Waals surface area contributed by atoms with Crippen LogP contribution in [0.4, 0.5) is 11.5 Å². The van der Waals surface area contributed by atoms with Crippen LogP contribution in [0.3, 0.4) is 0 Å². The molecule has 0 aliphatic rings. The third-order valence-corrected chi connectivity index (χ3v) is 4.84. The number of hydrogen-bond acceptors (Lipinski definition) is 4. The Morgan fingerprint density at radius 3 is 2.80 bits per heavy atom. The van der Waals surface area contributed by atoms with Crippen molar-refractivity contribution < 1.29 is 8.42 Å². The van der Waals surface area contributed by atoms with Crippen LogP contribution in [0.5, 0.6) is 0 Å². The molecule has 0 aliphatic heterocycles. The summed E-state index contributed by atoms with van der Waals surface area (Å²) >= 11 is 0. The van der Waals surface area contributed by atoms with Gasteiger partial charge in [-0.1, -0.05) is 18.9 Å². The molecule has 2 rings (SSSR count). The summed E-state index contributed by atoms with van der Waals surface area (Å²) in [7, 11) is -3.07. The topological polar surface area (TPSA) is 99.2 Å². The Kier molecular flexibility index (Phi) is 8.44. The fourth-order valence-corrected chi connectivity index (χ4v) is 2.49. The summed E-state index contributed by atoms with van der Waals surface area (Å²) in [4.78, 5) is 4.30. The second-order valence-corrected chi connectivity index (χ2v) is 7.38. The first-order valence-electron chi connectivity index (χ1n) is 7.37. The van der Waals surface area contributed by atoms with Crippen LogP contribution in [0.1, 0.15) is 12.5 Å². The zero-order valence-corrected chi connectivity index (χ0v) is 16.8. The van der Waals surface area contributed by atoms with Crippen molar-refractivity contribution in [3.05, 3.63) is 42.1 Å². The van der Waals surface area contributed by atoms with E-state index in [1.54, 1.807) is 25.3 Å². The summed E-state index contributed by atoms with van der Waals surface area (Å²) in [6.07, 6.45) is 7.00. The molecule has 2 aromatic rings. The Morgan fingerprint density at radius 2 is 2.16 bits per heavy atom. The number of rotatable bonds is 6. The van der Waals surface area contributed by atoms with Gasteiger partial charge in [0.2, 0.25) is 5.96 Å². The number of nitrogens with one attached hydrogen (secondary N) is 3.